The van der Waals surface area contributed by atoms with Crippen LogP contribution in [0.3, 0.4) is 0 Å². The maximum atomic E-state index is 12.4. The van der Waals surface area contributed by atoms with Gasteiger partial charge >= 0.3 is 0 Å². The van der Waals surface area contributed by atoms with Gasteiger partial charge < -0.3 is 15.1 Å². The third-order valence-corrected chi connectivity index (χ3v) is 4.26. The lowest BCUT2D eigenvalue weighted by Crippen LogP contribution is -2.49. The van der Waals surface area contributed by atoms with Crippen molar-refractivity contribution in [2.75, 3.05) is 32.7 Å². The largest absolute Gasteiger partial charge is 0.505 e. The minimum absolute atomic E-state index is 0.0928. The number of hydrogen-bond donors (Lipinski definition) is 2. The molecule has 1 fully saturated rings. The first kappa shape index (κ1) is 16.4. The Morgan fingerprint density at radius 2 is 1.79 bits per heavy atom. The fourth-order valence-electron chi connectivity index (χ4n) is 2.87. The third-order valence-electron chi connectivity index (χ3n) is 4.26. The lowest BCUT2D eigenvalue weighted by molar-refractivity contribution is 0.0520. The average molecular weight is 327 g/mol. The van der Waals surface area contributed by atoms with Gasteiger partial charge in [0.1, 0.15) is 5.75 Å². The van der Waals surface area contributed by atoms with Crippen molar-refractivity contribution in [3.05, 3.63) is 59.9 Å². The standard InChI is InChI=1S/C18H21N3O3/c22-15-7-4-8-19-17(15)18(24)21-11-9-20(10-12-21)13-16(23)14-5-2-1-3-6-14/h1-8,16,22-23H,9-13H2. The van der Waals surface area contributed by atoms with Crippen LogP contribution >= 0.6 is 0 Å². The van der Waals surface area contributed by atoms with E-state index in [2.05, 4.69) is 9.88 Å². The second-order valence-corrected chi connectivity index (χ2v) is 5.89. The maximum absolute atomic E-state index is 12.4. The lowest BCUT2D eigenvalue weighted by atomic mass is 10.1. The molecule has 0 spiro atoms. The number of β-amino-alcohol motifs (C(OH)–C–C–N with tert-alkyl or cyclic N) is 1. The topological polar surface area (TPSA) is 76.9 Å². The molecule has 1 aromatic heterocycles. The van der Waals surface area contributed by atoms with Crippen LogP contribution in [0.2, 0.25) is 0 Å². The molecule has 3 rings (SSSR count). The molecule has 126 valence electrons. The summed E-state index contributed by atoms with van der Waals surface area (Å²) in [7, 11) is 0. The van der Waals surface area contributed by atoms with Gasteiger partial charge in [0, 0.05) is 38.9 Å². The molecule has 1 aliphatic heterocycles. The number of amides is 1. The molecule has 0 radical (unpaired) electrons. The fourth-order valence-corrected chi connectivity index (χ4v) is 2.87. The molecule has 1 aliphatic rings. The van der Waals surface area contributed by atoms with Crippen LogP contribution in [0, 0.1) is 0 Å². The van der Waals surface area contributed by atoms with Crippen LogP contribution in [-0.2, 0) is 0 Å². The maximum Gasteiger partial charge on any atom is 0.276 e. The van der Waals surface area contributed by atoms with Crippen LogP contribution in [-0.4, -0.2) is 63.6 Å². The Kier molecular flexibility index (Phi) is 5.08. The summed E-state index contributed by atoms with van der Waals surface area (Å²) in [6, 6.07) is 12.6. The predicted octanol–water partition coefficient (Wildman–Crippen LogP) is 1.28. The van der Waals surface area contributed by atoms with Crippen LogP contribution in [0.15, 0.2) is 48.7 Å². The fraction of sp³-hybridized carbons (Fsp3) is 0.333. The number of hydrogen-bond acceptors (Lipinski definition) is 5. The minimum atomic E-state index is -0.534. The highest BCUT2D eigenvalue weighted by Crippen LogP contribution is 2.18. The number of aromatic hydroxyl groups is 1. The highest BCUT2D eigenvalue weighted by Gasteiger charge is 2.25. The van der Waals surface area contributed by atoms with Crippen molar-refractivity contribution in [2.24, 2.45) is 0 Å². The van der Waals surface area contributed by atoms with Gasteiger partial charge in [-0.1, -0.05) is 30.3 Å². The third kappa shape index (κ3) is 3.72. The zero-order chi connectivity index (χ0) is 16.9. The van der Waals surface area contributed by atoms with Gasteiger partial charge in [0.15, 0.2) is 5.69 Å². The van der Waals surface area contributed by atoms with E-state index in [1.807, 2.05) is 30.3 Å². The van der Waals surface area contributed by atoms with Gasteiger partial charge in [-0.2, -0.15) is 0 Å². The summed E-state index contributed by atoms with van der Waals surface area (Å²) in [5.74, 6) is -0.346. The van der Waals surface area contributed by atoms with Gasteiger partial charge in [0.2, 0.25) is 0 Å². The molecule has 0 aliphatic carbocycles. The van der Waals surface area contributed by atoms with Crippen LogP contribution in [0.5, 0.6) is 5.75 Å². The van der Waals surface area contributed by atoms with Gasteiger partial charge in [-0.3, -0.25) is 9.69 Å². The van der Waals surface area contributed by atoms with E-state index in [1.165, 1.54) is 12.3 Å². The summed E-state index contributed by atoms with van der Waals surface area (Å²) in [6.45, 7) is 3.01. The van der Waals surface area contributed by atoms with Crippen molar-refractivity contribution in [3.63, 3.8) is 0 Å². The van der Waals surface area contributed by atoms with Crippen molar-refractivity contribution >= 4 is 5.91 Å². The lowest BCUT2D eigenvalue weighted by Gasteiger charge is -2.35. The summed E-state index contributed by atoms with van der Waals surface area (Å²) in [4.78, 5) is 20.2. The van der Waals surface area contributed by atoms with Crippen molar-refractivity contribution in [3.8, 4) is 5.75 Å². The zero-order valence-corrected chi connectivity index (χ0v) is 13.4. The second kappa shape index (κ2) is 7.42. The number of nitrogens with zero attached hydrogens (tertiary/aromatic N) is 3. The molecule has 0 saturated carbocycles. The molecule has 1 unspecified atom stereocenters. The van der Waals surface area contributed by atoms with Crippen LogP contribution in [0.4, 0.5) is 0 Å². The Balaban J connectivity index is 1.54. The molecule has 24 heavy (non-hydrogen) atoms. The first-order valence-electron chi connectivity index (χ1n) is 8.04. The van der Waals surface area contributed by atoms with E-state index in [9.17, 15) is 15.0 Å². The number of piperazine rings is 1. The number of rotatable bonds is 4. The Morgan fingerprint density at radius 1 is 1.08 bits per heavy atom. The molecule has 2 aromatic rings. The van der Waals surface area contributed by atoms with Gasteiger partial charge in [-0.05, 0) is 17.7 Å². The van der Waals surface area contributed by atoms with Crippen molar-refractivity contribution in [1.82, 2.24) is 14.8 Å². The molecule has 6 heteroatoms. The first-order valence-corrected chi connectivity index (χ1v) is 8.04. The first-order chi connectivity index (χ1) is 11.6. The SMILES string of the molecule is O=C(c1ncccc1O)N1CCN(CC(O)c2ccccc2)CC1. The molecule has 0 bridgehead atoms. The van der Waals surface area contributed by atoms with Crippen LogP contribution in [0.25, 0.3) is 0 Å². The molecule has 1 aromatic carbocycles. The molecule has 2 heterocycles. The van der Waals surface area contributed by atoms with Gasteiger partial charge in [-0.25, -0.2) is 4.98 Å². The molecule has 2 N–H and O–H groups in total. The van der Waals surface area contributed by atoms with E-state index in [0.717, 1.165) is 5.56 Å². The van der Waals surface area contributed by atoms with E-state index >= 15 is 0 Å². The Hall–Kier alpha value is -2.44. The molecule has 1 saturated heterocycles. The van der Waals surface area contributed by atoms with Crippen molar-refractivity contribution < 1.29 is 15.0 Å². The number of aromatic nitrogens is 1. The second-order valence-electron chi connectivity index (χ2n) is 5.89. The molecule has 6 nitrogen and oxygen atoms in total. The van der Waals surface area contributed by atoms with E-state index < -0.39 is 6.10 Å². The Morgan fingerprint density at radius 3 is 2.46 bits per heavy atom. The van der Waals surface area contributed by atoms with Gasteiger partial charge in [0.05, 0.1) is 6.10 Å². The van der Waals surface area contributed by atoms with Crippen molar-refractivity contribution in [2.45, 2.75) is 6.10 Å². The molecule has 1 amide bonds. The van der Waals surface area contributed by atoms with Gasteiger partial charge in [0.25, 0.3) is 5.91 Å². The number of aliphatic hydroxyl groups excluding tert-OH is 1. The summed E-state index contributed by atoms with van der Waals surface area (Å²) >= 11 is 0. The van der Waals surface area contributed by atoms with E-state index in [-0.39, 0.29) is 17.4 Å². The number of pyridine rings is 1. The highest BCUT2D eigenvalue weighted by atomic mass is 16.3. The van der Waals surface area contributed by atoms with Crippen LogP contribution in [0.1, 0.15) is 22.2 Å². The van der Waals surface area contributed by atoms with Crippen molar-refractivity contribution in [1.29, 1.82) is 0 Å². The number of benzene rings is 1. The number of aliphatic hydroxyl groups is 1. The predicted molar refractivity (Wildman–Crippen MR) is 89.6 cm³/mol. The quantitative estimate of drug-likeness (QED) is 0.885. The van der Waals surface area contributed by atoms with E-state index in [0.29, 0.717) is 32.7 Å². The number of carbonyl (C=O) groups excluding carboxylic acids is 1. The smallest absolute Gasteiger partial charge is 0.276 e. The average Bonchev–Trinajstić information content (AvgIpc) is 2.63. The minimum Gasteiger partial charge on any atom is -0.505 e. The van der Waals surface area contributed by atoms with E-state index in [1.54, 1.807) is 11.0 Å². The van der Waals surface area contributed by atoms with E-state index in [4.69, 9.17) is 0 Å². The summed E-state index contributed by atoms with van der Waals surface area (Å²) in [5.41, 5.74) is 0.990. The Bertz CT molecular complexity index is 685. The zero-order valence-electron chi connectivity index (χ0n) is 13.4. The Labute approximate surface area is 141 Å². The number of carbonyl (C=O) groups is 1. The normalized spacial score (nSPS) is 16.8. The molecule has 1 atom stereocenters. The molecular weight excluding hydrogens is 306 g/mol. The summed E-state index contributed by atoms with van der Waals surface area (Å²) in [5, 5.41) is 20.1. The summed E-state index contributed by atoms with van der Waals surface area (Å²) in [6.07, 6.45) is 0.965. The summed E-state index contributed by atoms with van der Waals surface area (Å²) < 4.78 is 0. The monoisotopic (exact) mass is 327 g/mol. The van der Waals surface area contributed by atoms with Gasteiger partial charge in [-0.15, -0.1) is 0 Å². The van der Waals surface area contributed by atoms with Crippen LogP contribution < -0.4 is 0 Å². The highest BCUT2D eigenvalue weighted by molar-refractivity contribution is 5.94. The molecular formula is C18H21N3O3.